The van der Waals surface area contributed by atoms with Gasteiger partial charge in [-0.15, -0.1) is 0 Å². The van der Waals surface area contributed by atoms with Crippen LogP contribution in [0, 0.1) is 12.8 Å². The number of carboxylic acid groups (broad SMARTS) is 1. The summed E-state index contributed by atoms with van der Waals surface area (Å²) in [6, 6.07) is 11.9. The highest BCUT2D eigenvalue weighted by atomic mass is 16.4. The van der Waals surface area contributed by atoms with Gasteiger partial charge >= 0.3 is 5.97 Å². The summed E-state index contributed by atoms with van der Waals surface area (Å²) in [7, 11) is 0. The van der Waals surface area contributed by atoms with Gasteiger partial charge in [0.05, 0.1) is 5.92 Å². The summed E-state index contributed by atoms with van der Waals surface area (Å²) in [4.78, 5) is 25.8. The van der Waals surface area contributed by atoms with Gasteiger partial charge in [-0.1, -0.05) is 36.4 Å². The number of hydrogen-bond donors (Lipinski definition) is 1. The molecule has 25 heavy (non-hydrogen) atoms. The molecule has 2 heterocycles. The molecule has 3 aromatic rings. The summed E-state index contributed by atoms with van der Waals surface area (Å²) in [6.07, 6.45) is 1.31. The third kappa shape index (κ3) is 2.56. The van der Waals surface area contributed by atoms with Crippen molar-refractivity contribution in [1.82, 2.24) is 4.90 Å². The average molecular weight is 337 g/mol. The summed E-state index contributed by atoms with van der Waals surface area (Å²) < 4.78 is 5.98. The molecule has 5 heteroatoms. The molecule has 1 aliphatic rings. The lowest BCUT2D eigenvalue weighted by atomic mass is 9.98. The molecule has 1 fully saturated rings. The maximum Gasteiger partial charge on any atom is 0.308 e. The first-order valence-electron chi connectivity index (χ1n) is 8.49. The predicted octanol–water partition coefficient (Wildman–Crippen LogP) is 3.83. The lowest BCUT2D eigenvalue weighted by Gasteiger charge is -2.30. The van der Waals surface area contributed by atoms with Crippen LogP contribution in [0.15, 0.2) is 40.8 Å². The van der Waals surface area contributed by atoms with Crippen LogP contribution in [0.3, 0.4) is 0 Å². The highest BCUT2D eigenvalue weighted by Gasteiger charge is 2.31. The van der Waals surface area contributed by atoms with E-state index in [1.54, 1.807) is 4.90 Å². The van der Waals surface area contributed by atoms with E-state index in [0.29, 0.717) is 30.7 Å². The molecule has 0 aliphatic carbocycles. The second-order valence-corrected chi connectivity index (χ2v) is 6.65. The van der Waals surface area contributed by atoms with Crippen LogP contribution in [0.25, 0.3) is 21.7 Å². The molecule has 4 rings (SSSR count). The molecule has 1 amide bonds. The number of likely N-dealkylation sites (tertiary alicyclic amines) is 1. The minimum atomic E-state index is -0.843. The van der Waals surface area contributed by atoms with Crippen molar-refractivity contribution in [1.29, 1.82) is 0 Å². The Balaban J connectivity index is 1.76. The van der Waals surface area contributed by atoms with E-state index >= 15 is 0 Å². The van der Waals surface area contributed by atoms with Crippen molar-refractivity contribution in [3.8, 4) is 0 Å². The maximum atomic E-state index is 12.9. The predicted molar refractivity (Wildman–Crippen MR) is 94.7 cm³/mol. The summed E-state index contributed by atoms with van der Waals surface area (Å²) in [5.41, 5.74) is 1.52. The molecule has 5 nitrogen and oxygen atoms in total. The number of aliphatic carboxylic acids is 1. The molecule has 0 bridgehead atoms. The van der Waals surface area contributed by atoms with Crippen LogP contribution in [-0.2, 0) is 4.79 Å². The third-order valence-corrected chi connectivity index (χ3v) is 5.08. The van der Waals surface area contributed by atoms with E-state index in [4.69, 9.17) is 4.42 Å². The number of aryl methyl sites for hydroxylation is 1. The van der Waals surface area contributed by atoms with Gasteiger partial charge in [-0.25, -0.2) is 0 Å². The molecule has 1 unspecified atom stereocenters. The summed E-state index contributed by atoms with van der Waals surface area (Å²) in [6.45, 7) is 2.69. The number of carbonyl (C=O) groups excluding carboxylic acids is 1. The largest absolute Gasteiger partial charge is 0.481 e. The fraction of sp³-hybridized carbons (Fsp3) is 0.300. The highest BCUT2D eigenvalue weighted by Crippen LogP contribution is 2.32. The normalized spacial score (nSPS) is 18.0. The van der Waals surface area contributed by atoms with Crippen LogP contribution in [0.1, 0.15) is 29.0 Å². The Morgan fingerprint density at radius 1 is 1.16 bits per heavy atom. The fourth-order valence-corrected chi connectivity index (χ4v) is 3.66. The van der Waals surface area contributed by atoms with Gasteiger partial charge in [0.2, 0.25) is 0 Å². The number of rotatable bonds is 2. The SMILES string of the molecule is Cc1c(C(=O)N2CCCC(C(=O)O)C2)oc2c1ccc1ccccc12. The number of furan rings is 1. The smallest absolute Gasteiger partial charge is 0.308 e. The Hall–Kier alpha value is -2.82. The number of nitrogens with zero attached hydrogens (tertiary/aromatic N) is 1. The van der Waals surface area contributed by atoms with E-state index in [-0.39, 0.29) is 12.5 Å². The van der Waals surface area contributed by atoms with E-state index in [1.165, 1.54) is 0 Å². The molecule has 0 radical (unpaired) electrons. The van der Waals surface area contributed by atoms with Gasteiger partial charge in [0, 0.05) is 29.4 Å². The molecule has 1 aromatic heterocycles. The van der Waals surface area contributed by atoms with Crippen LogP contribution in [0.4, 0.5) is 0 Å². The number of benzene rings is 2. The van der Waals surface area contributed by atoms with Crippen LogP contribution >= 0.6 is 0 Å². The highest BCUT2D eigenvalue weighted by molar-refractivity contribution is 6.08. The number of carboxylic acids is 1. The summed E-state index contributed by atoms with van der Waals surface area (Å²) in [5.74, 6) is -1.24. The monoisotopic (exact) mass is 337 g/mol. The van der Waals surface area contributed by atoms with Crippen molar-refractivity contribution in [2.75, 3.05) is 13.1 Å². The van der Waals surface area contributed by atoms with Crippen LogP contribution < -0.4 is 0 Å². The minimum absolute atomic E-state index is 0.219. The Labute approximate surface area is 144 Å². The quantitative estimate of drug-likeness (QED) is 0.771. The molecule has 1 saturated heterocycles. The number of piperidine rings is 1. The molecular weight excluding hydrogens is 318 g/mol. The topological polar surface area (TPSA) is 70.8 Å². The molecule has 0 spiro atoms. The Kier molecular flexibility index (Phi) is 3.71. The van der Waals surface area contributed by atoms with E-state index in [9.17, 15) is 14.7 Å². The van der Waals surface area contributed by atoms with Gasteiger partial charge in [0.25, 0.3) is 5.91 Å². The van der Waals surface area contributed by atoms with Crippen molar-refractivity contribution < 1.29 is 19.1 Å². The minimum Gasteiger partial charge on any atom is -0.481 e. The number of fused-ring (bicyclic) bond motifs is 3. The van der Waals surface area contributed by atoms with Crippen LogP contribution in [0.5, 0.6) is 0 Å². The first-order valence-corrected chi connectivity index (χ1v) is 8.49. The third-order valence-electron chi connectivity index (χ3n) is 5.08. The van der Waals surface area contributed by atoms with Crippen LogP contribution in [0.2, 0.25) is 0 Å². The molecule has 128 valence electrons. The van der Waals surface area contributed by atoms with Crippen molar-refractivity contribution in [3.05, 3.63) is 47.7 Å². The van der Waals surface area contributed by atoms with Gasteiger partial charge in [-0.2, -0.15) is 0 Å². The summed E-state index contributed by atoms with van der Waals surface area (Å²) >= 11 is 0. The second-order valence-electron chi connectivity index (χ2n) is 6.65. The molecule has 1 aliphatic heterocycles. The molecule has 1 N–H and O–H groups in total. The number of amides is 1. The molecular formula is C20H19NO4. The van der Waals surface area contributed by atoms with Gasteiger partial charge in [0.1, 0.15) is 5.58 Å². The molecule has 2 aromatic carbocycles. The molecule has 0 saturated carbocycles. The Bertz CT molecular complexity index is 988. The zero-order chi connectivity index (χ0) is 17.6. The zero-order valence-electron chi connectivity index (χ0n) is 14.0. The van der Waals surface area contributed by atoms with Crippen molar-refractivity contribution in [2.45, 2.75) is 19.8 Å². The van der Waals surface area contributed by atoms with E-state index in [2.05, 4.69) is 0 Å². The summed E-state index contributed by atoms with van der Waals surface area (Å²) in [5, 5.41) is 12.2. The maximum absolute atomic E-state index is 12.9. The van der Waals surface area contributed by atoms with Crippen molar-refractivity contribution in [3.63, 3.8) is 0 Å². The average Bonchev–Trinajstić information content (AvgIpc) is 2.98. The van der Waals surface area contributed by atoms with E-state index in [1.807, 2.05) is 43.3 Å². The Morgan fingerprint density at radius 2 is 1.96 bits per heavy atom. The van der Waals surface area contributed by atoms with Gasteiger partial charge in [0.15, 0.2) is 5.76 Å². The Morgan fingerprint density at radius 3 is 2.76 bits per heavy atom. The first-order chi connectivity index (χ1) is 12.1. The molecule has 1 atom stereocenters. The lowest BCUT2D eigenvalue weighted by molar-refractivity contribution is -0.143. The van der Waals surface area contributed by atoms with Gasteiger partial charge in [-0.3, -0.25) is 9.59 Å². The lowest BCUT2D eigenvalue weighted by Crippen LogP contribution is -2.42. The number of hydrogen-bond acceptors (Lipinski definition) is 3. The van der Waals surface area contributed by atoms with E-state index in [0.717, 1.165) is 21.7 Å². The second kappa shape index (κ2) is 5.92. The fourth-order valence-electron chi connectivity index (χ4n) is 3.66. The van der Waals surface area contributed by atoms with Crippen molar-refractivity contribution in [2.24, 2.45) is 5.92 Å². The van der Waals surface area contributed by atoms with Gasteiger partial charge < -0.3 is 14.4 Å². The van der Waals surface area contributed by atoms with Crippen LogP contribution in [-0.4, -0.2) is 35.0 Å². The zero-order valence-corrected chi connectivity index (χ0v) is 14.0. The standard InChI is InChI=1S/C20H19NO4/c1-12-15-9-8-13-5-2-3-7-16(13)18(15)25-17(12)19(22)21-10-4-6-14(11-21)20(23)24/h2-3,5,7-9,14H,4,6,10-11H2,1H3,(H,23,24). The van der Waals surface area contributed by atoms with Gasteiger partial charge in [-0.05, 0) is 25.2 Å². The number of carbonyl (C=O) groups is 2. The van der Waals surface area contributed by atoms with E-state index < -0.39 is 11.9 Å². The van der Waals surface area contributed by atoms with Crippen molar-refractivity contribution >= 4 is 33.6 Å². The first kappa shape index (κ1) is 15.7.